The fourth-order valence-corrected chi connectivity index (χ4v) is 6.35. The second kappa shape index (κ2) is 9.32. The summed E-state index contributed by atoms with van der Waals surface area (Å²) in [7, 11) is -3.34. The highest BCUT2D eigenvalue weighted by atomic mass is 32.2. The molecule has 2 saturated heterocycles. The van der Waals surface area contributed by atoms with E-state index < -0.39 is 10.2 Å². The van der Waals surface area contributed by atoms with Gasteiger partial charge in [0.05, 0.1) is 13.2 Å². The third-order valence-corrected chi connectivity index (χ3v) is 8.60. The molecule has 0 amide bonds. The average Bonchev–Trinajstić information content (AvgIpc) is 3.49. The summed E-state index contributed by atoms with van der Waals surface area (Å²) in [5.74, 6) is 0.970. The standard InChI is InChI=1S/C24H29N3O5S/c28-23-13-22(16-25-14-20-5-1-2-6-21(20)15-25)31-18-24(23)32-17-19-7-11-27(12-8-19)33(29,30)26-9-3-4-10-26/h1-2,5-6,13-15,18-19H,3-4,7-12,16-17H2. The molecule has 3 aromatic rings. The lowest BCUT2D eigenvalue weighted by Crippen LogP contribution is -2.46. The minimum Gasteiger partial charge on any atom is -0.486 e. The highest BCUT2D eigenvalue weighted by Gasteiger charge is 2.34. The topological polar surface area (TPSA) is 85.0 Å². The summed E-state index contributed by atoms with van der Waals surface area (Å²) < 4.78 is 42.0. The van der Waals surface area contributed by atoms with Gasteiger partial charge in [0.15, 0.2) is 0 Å². The molecule has 0 spiro atoms. The van der Waals surface area contributed by atoms with Crippen LogP contribution >= 0.6 is 0 Å². The van der Waals surface area contributed by atoms with Crippen molar-refractivity contribution in [3.05, 3.63) is 65.0 Å². The third-order valence-electron chi connectivity index (χ3n) is 6.56. The van der Waals surface area contributed by atoms with Crippen LogP contribution in [0.25, 0.3) is 10.8 Å². The molecular formula is C24H29N3O5S. The summed E-state index contributed by atoms with van der Waals surface area (Å²) in [6, 6.07) is 9.56. The van der Waals surface area contributed by atoms with Gasteiger partial charge in [0.1, 0.15) is 12.0 Å². The maximum absolute atomic E-state index is 12.7. The van der Waals surface area contributed by atoms with Gasteiger partial charge in [0, 0.05) is 44.6 Å². The largest absolute Gasteiger partial charge is 0.486 e. The normalized spacial score (nSPS) is 18.8. The molecule has 2 fully saturated rings. The Hall–Kier alpha value is -2.62. The summed E-state index contributed by atoms with van der Waals surface area (Å²) in [4.78, 5) is 12.5. The average molecular weight is 472 g/mol. The van der Waals surface area contributed by atoms with Gasteiger partial charge in [-0.25, -0.2) is 0 Å². The van der Waals surface area contributed by atoms with Crippen molar-refractivity contribution >= 4 is 21.0 Å². The van der Waals surface area contributed by atoms with Crippen molar-refractivity contribution in [2.24, 2.45) is 5.92 Å². The first kappa shape index (κ1) is 22.2. The summed E-state index contributed by atoms with van der Waals surface area (Å²) in [6.07, 6.45) is 8.75. The second-order valence-corrected chi connectivity index (χ2v) is 10.8. The van der Waals surface area contributed by atoms with Crippen LogP contribution in [0.3, 0.4) is 0 Å². The maximum Gasteiger partial charge on any atom is 0.281 e. The molecule has 2 aliphatic heterocycles. The zero-order valence-electron chi connectivity index (χ0n) is 18.6. The van der Waals surface area contributed by atoms with Crippen molar-refractivity contribution in [2.75, 3.05) is 32.8 Å². The van der Waals surface area contributed by atoms with E-state index in [-0.39, 0.29) is 17.1 Å². The molecule has 9 heteroatoms. The first-order chi connectivity index (χ1) is 16.0. The van der Waals surface area contributed by atoms with E-state index in [1.54, 1.807) is 8.61 Å². The number of benzene rings is 1. The lowest BCUT2D eigenvalue weighted by molar-refractivity contribution is 0.177. The SMILES string of the molecule is O=c1cc(Cn2cc3ccccc3c2)occ1OCC1CCN(S(=O)(=O)N2CCCC2)CC1. The molecular weight excluding hydrogens is 442 g/mol. The van der Waals surface area contributed by atoms with Gasteiger partial charge in [0.2, 0.25) is 11.2 Å². The molecule has 2 aromatic heterocycles. The highest BCUT2D eigenvalue weighted by molar-refractivity contribution is 7.86. The first-order valence-electron chi connectivity index (χ1n) is 11.5. The fourth-order valence-electron chi connectivity index (χ4n) is 4.63. The predicted molar refractivity (Wildman–Crippen MR) is 126 cm³/mol. The molecule has 0 radical (unpaired) electrons. The van der Waals surface area contributed by atoms with Crippen LogP contribution in [0.15, 0.2) is 58.2 Å². The van der Waals surface area contributed by atoms with Crippen molar-refractivity contribution in [3.63, 3.8) is 0 Å². The van der Waals surface area contributed by atoms with Crippen molar-refractivity contribution in [1.29, 1.82) is 0 Å². The van der Waals surface area contributed by atoms with E-state index in [0.29, 0.717) is 45.1 Å². The highest BCUT2D eigenvalue weighted by Crippen LogP contribution is 2.24. The van der Waals surface area contributed by atoms with E-state index in [2.05, 4.69) is 0 Å². The van der Waals surface area contributed by atoms with Crippen LogP contribution in [-0.2, 0) is 16.8 Å². The van der Waals surface area contributed by atoms with Gasteiger partial charge in [-0.15, -0.1) is 0 Å². The molecule has 5 rings (SSSR count). The molecule has 0 aliphatic carbocycles. The number of nitrogens with zero attached hydrogens (tertiary/aromatic N) is 3. The lowest BCUT2D eigenvalue weighted by Gasteiger charge is -2.33. The van der Waals surface area contributed by atoms with Crippen LogP contribution in [0.1, 0.15) is 31.4 Å². The van der Waals surface area contributed by atoms with E-state index in [1.165, 1.54) is 12.3 Å². The molecule has 176 valence electrons. The summed E-state index contributed by atoms with van der Waals surface area (Å²) in [6.45, 7) is 3.08. The number of hydrogen-bond acceptors (Lipinski definition) is 5. The molecule has 0 unspecified atom stereocenters. The Labute approximate surface area is 193 Å². The molecule has 4 heterocycles. The molecule has 33 heavy (non-hydrogen) atoms. The van der Waals surface area contributed by atoms with Crippen LogP contribution in [0, 0.1) is 5.92 Å². The zero-order chi connectivity index (χ0) is 22.8. The Kier molecular flexibility index (Phi) is 6.27. The van der Waals surface area contributed by atoms with Gasteiger partial charge >= 0.3 is 0 Å². The monoisotopic (exact) mass is 471 g/mol. The molecule has 0 N–H and O–H groups in total. The van der Waals surface area contributed by atoms with Crippen LogP contribution in [0.2, 0.25) is 0 Å². The smallest absolute Gasteiger partial charge is 0.281 e. The van der Waals surface area contributed by atoms with Gasteiger partial charge in [-0.1, -0.05) is 24.3 Å². The number of piperidine rings is 1. The second-order valence-electron chi connectivity index (χ2n) is 8.90. The third kappa shape index (κ3) is 4.85. The molecule has 2 aliphatic rings. The van der Waals surface area contributed by atoms with Crippen LogP contribution < -0.4 is 10.2 Å². The predicted octanol–water partition coefficient (Wildman–Crippen LogP) is 3.07. The number of ether oxygens (including phenoxy) is 1. The van der Waals surface area contributed by atoms with Gasteiger partial charge in [-0.2, -0.15) is 17.0 Å². The quantitative estimate of drug-likeness (QED) is 0.529. The van der Waals surface area contributed by atoms with E-state index >= 15 is 0 Å². The first-order valence-corrected chi connectivity index (χ1v) is 12.9. The Morgan fingerprint density at radius 3 is 2.24 bits per heavy atom. The number of hydrogen-bond donors (Lipinski definition) is 0. The maximum atomic E-state index is 12.7. The van der Waals surface area contributed by atoms with E-state index in [9.17, 15) is 13.2 Å². The Balaban J connectivity index is 1.14. The molecule has 1 aromatic carbocycles. The molecule has 0 bridgehead atoms. The van der Waals surface area contributed by atoms with Gasteiger partial charge < -0.3 is 13.7 Å². The van der Waals surface area contributed by atoms with E-state index in [4.69, 9.17) is 9.15 Å². The summed E-state index contributed by atoms with van der Waals surface area (Å²) in [5.41, 5.74) is -0.206. The van der Waals surface area contributed by atoms with Crippen molar-refractivity contribution < 1.29 is 17.6 Å². The minimum atomic E-state index is -3.34. The van der Waals surface area contributed by atoms with Gasteiger partial charge in [0.25, 0.3) is 10.2 Å². The fraction of sp³-hybridized carbons (Fsp3) is 0.458. The number of fused-ring (bicyclic) bond motifs is 1. The van der Waals surface area contributed by atoms with Gasteiger partial charge in [-0.05, 0) is 42.4 Å². The van der Waals surface area contributed by atoms with Crippen molar-refractivity contribution in [3.8, 4) is 5.75 Å². The number of rotatable bonds is 7. The van der Waals surface area contributed by atoms with Crippen molar-refractivity contribution in [2.45, 2.75) is 32.2 Å². The lowest BCUT2D eigenvalue weighted by atomic mass is 9.99. The van der Waals surface area contributed by atoms with Crippen LogP contribution in [0.4, 0.5) is 0 Å². The van der Waals surface area contributed by atoms with E-state index in [0.717, 1.165) is 36.5 Å². The Morgan fingerprint density at radius 2 is 1.61 bits per heavy atom. The Morgan fingerprint density at radius 1 is 0.970 bits per heavy atom. The van der Waals surface area contributed by atoms with Crippen LogP contribution in [0.5, 0.6) is 5.75 Å². The number of aromatic nitrogens is 1. The summed E-state index contributed by atoms with van der Waals surface area (Å²) >= 11 is 0. The van der Waals surface area contributed by atoms with Crippen molar-refractivity contribution in [1.82, 2.24) is 13.2 Å². The molecule has 0 saturated carbocycles. The molecule has 0 atom stereocenters. The van der Waals surface area contributed by atoms with E-state index in [1.807, 2.05) is 41.2 Å². The van der Waals surface area contributed by atoms with Crippen LogP contribution in [-0.4, -0.2) is 54.4 Å². The zero-order valence-corrected chi connectivity index (χ0v) is 19.4. The molecule has 8 nitrogen and oxygen atoms in total. The minimum absolute atomic E-state index is 0.198. The summed E-state index contributed by atoms with van der Waals surface area (Å²) in [5, 5.41) is 2.28. The Bertz CT molecular complexity index is 1240. The van der Waals surface area contributed by atoms with Gasteiger partial charge in [-0.3, -0.25) is 4.79 Å².